The van der Waals surface area contributed by atoms with Gasteiger partial charge < -0.3 is 9.30 Å². The third kappa shape index (κ3) is 2.27. The summed E-state index contributed by atoms with van der Waals surface area (Å²) in [6, 6.07) is 6.92. The molecule has 0 amide bonds. The molecule has 0 N–H and O–H groups in total. The minimum atomic E-state index is -0.333. The molecule has 0 saturated heterocycles. The molecule has 4 nitrogen and oxygen atoms in total. The highest BCUT2D eigenvalue weighted by Crippen LogP contribution is 2.16. The zero-order valence-electron chi connectivity index (χ0n) is 10.5. The summed E-state index contributed by atoms with van der Waals surface area (Å²) in [7, 11) is 0. The SMILES string of the molecule is CCOC(=O)Cn1cc(C)c2ccccc(=O)c21. The van der Waals surface area contributed by atoms with Crippen molar-refractivity contribution >= 4 is 16.9 Å². The van der Waals surface area contributed by atoms with Crippen molar-refractivity contribution in [3.63, 3.8) is 0 Å². The summed E-state index contributed by atoms with van der Waals surface area (Å²) >= 11 is 0. The molecule has 0 saturated carbocycles. The van der Waals surface area contributed by atoms with E-state index in [2.05, 4.69) is 0 Å². The summed E-state index contributed by atoms with van der Waals surface area (Å²) in [6.07, 6.45) is 1.81. The number of hydrogen-bond acceptors (Lipinski definition) is 3. The Bertz CT molecular complexity index is 643. The maximum Gasteiger partial charge on any atom is 0.325 e. The zero-order valence-corrected chi connectivity index (χ0v) is 10.5. The van der Waals surface area contributed by atoms with Gasteiger partial charge in [-0.25, -0.2) is 0 Å². The van der Waals surface area contributed by atoms with Crippen LogP contribution in [-0.4, -0.2) is 17.1 Å². The minimum Gasteiger partial charge on any atom is -0.465 e. The number of esters is 1. The number of ether oxygens (including phenoxy) is 1. The summed E-state index contributed by atoms with van der Waals surface area (Å²) in [5, 5.41) is 0.870. The van der Waals surface area contributed by atoms with Gasteiger partial charge in [-0.3, -0.25) is 9.59 Å². The van der Waals surface area contributed by atoms with E-state index in [0.717, 1.165) is 10.9 Å². The molecule has 4 heteroatoms. The molecule has 0 unspecified atom stereocenters. The van der Waals surface area contributed by atoms with E-state index in [1.807, 2.05) is 25.3 Å². The van der Waals surface area contributed by atoms with E-state index in [0.29, 0.717) is 12.1 Å². The molecule has 2 aromatic rings. The highest BCUT2D eigenvalue weighted by Gasteiger charge is 2.10. The Kier molecular flexibility index (Phi) is 3.46. The lowest BCUT2D eigenvalue weighted by molar-refractivity contribution is -0.143. The van der Waals surface area contributed by atoms with Crippen LogP contribution in [0.25, 0.3) is 10.9 Å². The Balaban J connectivity index is 2.56. The van der Waals surface area contributed by atoms with Gasteiger partial charge in [-0.05, 0) is 25.5 Å². The van der Waals surface area contributed by atoms with Crippen molar-refractivity contribution in [2.75, 3.05) is 6.61 Å². The lowest BCUT2D eigenvalue weighted by Gasteiger charge is -2.03. The topological polar surface area (TPSA) is 48.3 Å². The van der Waals surface area contributed by atoms with Crippen LogP contribution >= 0.6 is 0 Å². The van der Waals surface area contributed by atoms with Crippen LogP contribution in [0.2, 0.25) is 0 Å². The molecule has 0 aliphatic heterocycles. The summed E-state index contributed by atoms with van der Waals surface area (Å²) in [6.45, 7) is 4.09. The number of carbonyl (C=O) groups excluding carboxylic acids is 1. The van der Waals surface area contributed by atoms with Crippen molar-refractivity contribution in [2.24, 2.45) is 0 Å². The average molecular weight is 245 g/mol. The molecule has 0 aliphatic carbocycles. The molecule has 0 fully saturated rings. The fraction of sp³-hybridized carbons (Fsp3) is 0.286. The van der Waals surface area contributed by atoms with Gasteiger partial charge in [-0.2, -0.15) is 0 Å². The predicted molar refractivity (Wildman–Crippen MR) is 69.6 cm³/mol. The van der Waals surface area contributed by atoms with Gasteiger partial charge in [0.1, 0.15) is 6.54 Å². The maximum atomic E-state index is 12.0. The van der Waals surface area contributed by atoms with Crippen molar-refractivity contribution in [2.45, 2.75) is 20.4 Å². The van der Waals surface area contributed by atoms with Crippen molar-refractivity contribution in [1.29, 1.82) is 0 Å². The third-order valence-corrected chi connectivity index (χ3v) is 2.78. The van der Waals surface area contributed by atoms with Gasteiger partial charge >= 0.3 is 5.97 Å². The van der Waals surface area contributed by atoms with E-state index in [-0.39, 0.29) is 17.9 Å². The van der Waals surface area contributed by atoms with Crippen molar-refractivity contribution in [1.82, 2.24) is 4.57 Å². The minimum absolute atomic E-state index is 0.0669. The van der Waals surface area contributed by atoms with Crippen LogP contribution in [0.15, 0.2) is 35.3 Å². The lowest BCUT2D eigenvalue weighted by Crippen LogP contribution is -2.15. The van der Waals surface area contributed by atoms with E-state index < -0.39 is 0 Å². The molecule has 2 rings (SSSR count). The summed E-state index contributed by atoms with van der Waals surface area (Å²) < 4.78 is 6.56. The highest BCUT2D eigenvalue weighted by molar-refractivity contribution is 5.84. The normalized spacial score (nSPS) is 10.6. The van der Waals surface area contributed by atoms with Crippen molar-refractivity contribution < 1.29 is 9.53 Å². The van der Waals surface area contributed by atoms with E-state index in [4.69, 9.17) is 4.74 Å². The quantitative estimate of drug-likeness (QED) is 0.776. The molecule has 1 aromatic carbocycles. The van der Waals surface area contributed by atoms with Crippen LogP contribution in [0.3, 0.4) is 0 Å². The summed E-state index contributed by atoms with van der Waals surface area (Å²) in [5.41, 5.74) is 1.43. The van der Waals surface area contributed by atoms with Crippen LogP contribution in [0.1, 0.15) is 12.5 Å². The Labute approximate surface area is 105 Å². The van der Waals surface area contributed by atoms with Gasteiger partial charge in [0.2, 0.25) is 5.43 Å². The standard InChI is InChI=1S/C14H15NO3/c1-3-18-13(17)9-15-8-10(2)11-6-4-5-7-12(16)14(11)15/h4-8H,3,9H2,1-2H3. The monoisotopic (exact) mass is 245 g/mol. The van der Waals surface area contributed by atoms with E-state index in [1.54, 1.807) is 17.6 Å². The van der Waals surface area contributed by atoms with Crippen molar-refractivity contribution in [3.05, 3.63) is 46.2 Å². The number of fused-ring (bicyclic) bond motifs is 1. The Morgan fingerprint density at radius 2 is 2.06 bits per heavy atom. The molecule has 0 atom stereocenters. The first kappa shape index (κ1) is 12.4. The fourth-order valence-corrected chi connectivity index (χ4v) is 2.04. The first-order chi connectivity index (χ1) is 8.63. The largest absolute Gasteiger partial charge is 0.465 e. The van der Waals surface area contributed by atoms with Crippen LogP contribution in [0.4, 0.5) is 0 Å². The van der Waals surface area contributed by atoms with Gasteiger partial charge in [-0.15, -0.1) is 0 Å². The average Bonchev–Trinajstić information content (AvgIpc) is 2.49. The van der Waals surface area contributed by atoms with Crippen LogP contribution < -0.4 is 5.43 Å². The van der Waals surface area contributed by atoms with Gasteiger partial charge in [0.15, 0.2) is 0 Å². The van der Waals surface area contributed by atoms with E-state index in [1.165, 1.54) is 6.07 Å². The second-order valence-electron chi connectivity index (χ2n) is 4.09. The van der Waals surface area contributed by atoms with E-state index >= 15 is 0 Å². The number of rotatable bonds is 3. The number of aromatic nitrogens is 1. The second-order valence-corrected chi connectivity index (χ2v) is 4.09. The highest BCUT2D eigenvalue weighted by atomic mass is 16.5. The van der Waals surface area contributed by atoms with E-state index in [9.17, 15) is 9.59 Å². The Hall–Kier alpha value is -2.10. The second kappa shape index (κ2) is 5.04. The van der Waals surface area contributed by atoms with Crippen LogP contribution in [0.5, 0.6) is 0 Å². The molecule has 0 radical (unpaired) electrons. The smallest absolute Gasteiger partial charge is 0.325 e. The predicted octanol–water partition coefficient (Wildman–Crippen LogP) is 1.87. The van der Waals surface area contributed by atoms with Gasteiger partial charge in [-0.1, -0.05) is 18.2 Å². The Morgan fingerprint density at radius 1 is 1.33 bits per heavy atom. The molecular formula is C14H15NO3. The number of hydrogen-bond donors (Lipinski definition) is 0. The molecule has 0 bridgehead atoms. The molecule has 0 spiro atoms. The summed E-state index contributed by atoms with van der Waals surface area (Å²) in [5.74, 6) is -0.333. The summed E-state index contributed by atoms with van der Waals surface area (Å²) in [4.78, 5) is 23.5. The Morgan fingerprint density at radius 3 is 2.78 bits per heavy atom. The molecular weight excluding hydrogens is 230 g/mol. The van der Waals surface area contributed by atoms with Gasteiger partial charge in [0, 0.05) is 11.6 Å². The molecule has 94 valence electrons. The van der Waals surface area contributed by atoms with Crippen LogP contribution in [-0.2, 0) is 16.1 Å². The number of carbonyl (C=O) groups is 1. The third-order valence-electron chi connectivity index (χ3n) is 2.78. The molecule has 1 aromatic heterocycles. The lowest BCUT2D eigenvalue weighted by atomic mass is 10.2. The van der Waals surface area contributed by atoms with Crippen LogP contribution in [0, 0.1) is 6.92 Å². The number of aryl methyl sites for hydroxylation is 1. The fourth-order valence-electron chi connectivity index (χ4n) is 2.04. The van der Waals surface area contributed by atoms with Crippen molar-refractivity contribution in [3.8, 4) is 0 Å². The first-order valence-corrected chi connectivity index (χ1v) is 5.88. The van der Waals surface area contributed by atoms with Gasteiger partial charge in [0.05, 0.1) is 12.1 Å². The molecule has 0 aliphatic rings. The first-order valence-electron chi connectivity index (χ1n) is 5.88. The number of nitrogens with zero attached hydrogens (tertiary/aromatic N) is 1. The molecule has 1 heterocycles. The van der Waals surface area contributed by atoms with Gasteiger partial charge in [0.25, 0.3) is 0 Å². The zero-order chi connectivity index (χ0) is 13.1. The molecule has 18 heavy (non-hydrogen) atoms. The maximum absolute atomic E-state index is 12.0.